The second-order valence-corrected chi connectivity index (χ2v) is 3.65. The molecule has 5 nitrogen and oxygen atoms in total. The number of carbonyl (C=O) groups is 1. The Hall–Kier alpha value is -2.63. The van der Waals surface area contributed by atoms with Crippen molar-refractivity contribution in [3.63, 3.8) is 0 Å². The van der Waals surface area contributed by atoms with Crippen molar-refractivity contribution in [3.8, 4) is 11.5 Å². The first-order valence-electron chi connectivity index (χ1n) is 5.37. The molecular formula is C13H11FN2O3. The van der Waals surface area contributed by atoms with Gasteiger partial charge < -0.3 is 15.2 Å². The van der Waals surface area contributed by atoms with Crippen LogP contribution in [-0.2, 0) is 4.74 Å². The number of nitrogen functional groups attached to an aromatic ring is 1. The number of pyridine rings is 1. The highest BCUT2D eigenvalue weighted by Crippen LogP contribution is 2.27. The van der Waals surface area contributed by atoms with E-state index in [-0.39, 0.29) is 17.1 Å². The molecule has 2 N–H and O–H groups in total. The van der Waals surface area contributed by atoms with Gasteiger partial charge in [0.25, 0.3) is 0 Å². The summed E-state index contributed by atoms with van der Waals surface area (Å²) in [6.07, 6.45) is 1.45. The van der Waals surface area contributed by atoms with Crippen molar-refractivity contribution in [2.24, 2.45) is 0 Å². The fourth-order valence-corrected chi connectivity index (χ4v) is 1.48. The maximum atomic E-state index is 13.2. The smallest absolute Gasteiger partial charge is 0.341 e. The minimum atomic E-state index is -0.614. The van der Waals surface area contributed by atoms with Gasteiger partial charge in [-0.15, -0.1) is 0 Å². The Labute approximate surface area is 108 Å². The molecule has 0 saturated carbocycles. The van der Waals surface area contributed by atoms with Crippen molar-refractivity contribution >= 4 is 11.8 Å². The fraction of sp³-hybridized carbons (Fsp3) is 0.0769. The highest BCUT2D eigenvalue weighted by atomic mass is 19.1. The first-order valence-corrected chi connectivity index (χ1v) is 5.37. The van der Waals surface area contributed by atoms with Crippen LogP contribution in [0.25, 0.3) is 0 Å². The van der Waals surface area contributed by atoms with Gasteiger partial charge in [0.2, 0.25) is 0 Å². The molecule has 0 amide bonds. The molecule has 1 heterocycles. The van der Waals surface area contributed by atoms with Gasteiger partial charge in [-0.2, -0.15) is 0 Å². The molecule has 0 spiro atoms. The van der Waals surface area contributed by atoms with Crippen molar-refractivity contribution in [3.05, 3.63) is 47.9 Å². The van der Waals surface area contributed by atoms with Gasteiger partial charge >= 0.3 is 5.97 Å². The number of esters is 1. The number of hydrogen-bond donors (Lipinski definition) is 1. The van der Waals surface area contributed by atoms with Gasteiger partial charge in [-0.25, -0.2) is 14.2 Å². The molecule has 19 heavy (non-hydrogen) atoms. The summed E-state index contributed by atoms with van der Waals surface area (Å²) in [5, 5.41) is 0. The number of nitrogens with two attached hydrogens (primary N) is 1. The molecule has 0 aliphatic heterocycles. The first kappa shape index (κ1) is 12.8. The number of nitrogens with zero attached hydrogens (tertiary/aromatic N) is 1. The van der Waals surface area contributed by atoms with Gasteiger partial charge in [0.05, 0.1) is 7.11 Å². The molecule has 6 heteroatoms. The van der Waals surface area contributed by atoms with Crippen LogP contribution < -0.4 is 10.5 Å². The molecule has 0 unspecified atom stereocenters. The summed E-state index contributed by atoms with van der Waals surface area (Å²) < 4.78 is 23.3. The summed E-state index contributed by atoms with van der Waals surface area (Å²) in [5.41, 5.74) is 5.63. The van der Waals surface area contributed by atoms with Gasteiger partial charge in [0, 0.05) is 18.3 Å². The molecule has 0 aliphatic rings. The average molecular weight is 262 g/mol. The molecule has 0 radical (unpaired) electrons. The van der Waals surface area contributed by atoms with Crippen LogP contribution in [0.3, 0.4) is 0 Å². The second kappa shape index (κ2) is 5.34. The number of methoxy groups -OCH3 is 1. The molecule has 0 fully saturated rings. The molecule has 0 bridgehead atoms. The van der Waals surface area contributed by atoms with E-state index in [1.54, 1.807) is 6.07 Å². The summed E-state index contributed by atoms with van der Waals surface area (Å²) in [6.45, 7) is 0. The summed E-state index contributed by atoms with van der Waals surface area (Å²) in [7, 11) is 1.24. The van der Waals surface area contributed by atoms with Crippen molar-refractivity contribution in [1.29, 1.82) is 0 Å². The summed E-state index contributed by atoms with van der Waals surface area (Å²) in [4.78, 5) is 15.3. The Kier molecular flexibility index (Phi) is 3.61. The molecule has 2 aromatic rings. The zero-order valence-corrected chi connectivity index (χ0v) is 10.1. The Morgan fingerprint density at radius 1 is 1.32 bits per heavy atom. The average Bonchev–Trinajstić information content (AvgIpc) is 2.38. The zero-order chi connectivity index (χ0) is 13.8. The Morgan fingerprint density at radius 2 is 2.11 bits per heavy atom. The van der Waals surface area contributed by atoms with Crippen molar-refractivity contribution in [2.45, 2.75) is 0 Å². The van der Waals surface area contributed by atoms with E-state index in [2.05, 4.69) is 9.72 Å². The fourth-order valence-electron chi connectivity index (χ4n) is 1.48. The Bertz CT molecular complexity index is 617. The standard InChI is InChI=1S/C13H11FN2O3/c1-18-13(17)10-3-2-8(14)6-11(10)19-9-4-5-16-12(15)7-9/h2-7H,1H3,(H2,15,16). The molecule has 0 atom stereocenters. The van der Waals surface area contributed by atoms with Crippen molar-refractivity contribution in [2.75, 3.05) is 12.8 Å². The highest BCUT2D eigenvalue weighted by molar-refractivity contribution is 5.92. The second-order valence-electron chi connectivity index (χ2n) is 3.65. The number of benzene rings is 1. The summed E-state index contributed by atoms with van der Waals surface area (Å²) >= 11 is 0. The maximum Gasteiger partial charge on any atom is 0.341 e. The normalized spacial score (nSPS) is 10.0. The monoisotopic (exact) mass is 262 g/mol. The number of rotatable bonds is 3. The Balaban J connectivity index is 2.38. The molecule has 1 aromatic heterocycles. The topological polar surface area (TPSA) is 74.4 Å². The van der Waals surface area contributed by atoms with Crippen LogP contribution in [0.4, 0.5) is 10.2 Å². The predicted octanol–water partition coefficient (Wildman–Crippen LogP) is 2.38. The quantitative estimate of drug-likeness (QED) is 0.859. The van der Waals surface area contributed by atoms with E-state index < -0.39 is 11.8 Å². The van der Waals surface area contributed by atoms with E-state index >= 15 is 0 Å². The van der Waals surface area contributed by atoms with E-state index in [0.717, 1.165) is 12.1 Å². The largest absolute Gasteiger partial charge is 0.465 e. The first-order chi connectivity index (χ1) is 9.10. The van der Waals surface area contributed by atoms with Crippen LogP contribution >= 0.6 is 0 Å². The van der Waals surface area contributed by atoms with Gasteiger partial charge in [0.1, 0.15) is 28.7 Å². The number of carbonyl (C=O) groups excluding carboxylic acids is 1. The van der Waals surface area contributed by atoms with Crippen LogP contribution in [0, 0.1) is 5.82 Å². The number of hydrogen-bond acceptors (Lipinski definition) is 5. The van der Waals surface area contributed by atoms with Gasteiger partial charge in [0.15, 0.2) is 0 Å². The lowest BCUT2D eigenvalue weighted by Gasteiger charge is -2.10. The van der Waals surface area contributed by atoms with E-state index in [4.69, 9.17) is 10.5 Å². The lowest BCUT2D eigenvalue weighted by molar-refractivity contribution is 0.0598. The summed E-state index contributed by atoms with van der Waals surface area (Å²) in [6, 6.07) is 6.55. The lowest BCUT2D eigenvalue weighted by Crippen LogP contribution is -2.04. The lowest BCUT2D eigenvalue weighted by atomic mass is 10.2. The zero-order valence-electron chi connectivity index (χ0n) is 10.1. The number of aromatic nitrogens is 1. The van der Waals surface area contributed by atoms with E-state index in [1.807, 2.05) is 0 Å². The van der Waals surface area contributed by atoms with Crippen LogP contribution in [0.15, 0.2) is 36.5 Å². The van der Waals surface area contributed by atoms with Gasteiger partial charge in [-0.3, -0.25) is 0 Å². The minimum absolute atomic E-state index is 0.0532. The third-order valence-corrected chi connectivity index (χ3v) is 2.33. The molecule has 0 aliphatic carbocycles. The van der Waals surface area contributed by atoms with Crippen molar-refractivity contribution < 1.29 is 18.7 Å². The molecule has 1 aromatic carbocycles. The molecule has 2 rings (SSSR count). The van der Waals surface area contributed by atoms with Crippen LogP contribution in [0.5, 0.6) is 11.5 Å². The summed E-state index contributed by atoms with van der Waals surface area (Å²) in [5.74, 6) is -0.476. The third-order valence-electron chi connectivity index (χ3n) is 2.33. The predicted molar refractivity (Wildman–Crippen MR) is 66.5 cm³/mol. The van der Waals surface area contributed by atoms with Crippen LogP contribution in [0.1, 0.15) is 10.4 Å². The molecular weight excluding hydrogens is 251 g/mol. The van der Waals surface area contributed by atoms with Gasteiger partial charge in [-0.1, -0.05) is 0 Å². The molecule has 98 valence electrons. The van der Waals surface area contributed by atoms with Crippen molar-refractivity contribution in [1.82, 2.24) is 4.98 Å². The third kappa shape index (κ3) is 2.98. The van der Waals surface area contributed by atoms with E-state index in [1.165, 1.54) is 25.4 Å². The highest BCUT2D eigenvalue weighted by Gasteiger charge is 2.14. The van der Waals surface area contributed by atoms with Crippen LogP contribution in [-0.4, -0.2) is 18.1 Å². The van der Waals surface area contributed by atoms with E-state index in [0.29, 0.717) is 5.75 Å². The SMILES string of the molecule is COC(=O)c1ccc(F)cc1Oc1ccnc(N)c1. The molecule has 0 saturated heterocycles. The maximum absolute atomic E-state index is 13.2. The Morgan fingerprint density at radius 3 is 2.79 bits per heavy atom. The number of halogens is 1. The van der Waals surface area contributed by atoms with Crippen LogP contribution in [0.2, 0.25) is 0 Å². The van der Waals surface area contributed by atoms with E-state index in [9.17, 15) is 9.18 Å². The minimum Gasteiger partial charge on any atom is -0.465 e. The number of anilines is 1. The van der Waals surface area contributed by atoms with Gasteiger partial charge in [-0.05, 0) is 18.2 Å². The number of ether oxygens (including phenoxy) is 2.